The summed E-state index contributed by atoms with van der Waals surface area (Å²) < 4.78 is 6.71. The van der Waals surface area contributed by atoms with Crippen LogP contribution in [-0.4, -0.2) is 37.3 Å². The summed E-state index contributed by atoms with van der Waals surface area (Å²) in [5, 5.41) is 11.0. The maximum Gasteiger partial charge on any atom is 0.250 e. The number of aryl methyl sites for hydroxylation is 1. The Morgan fingerprint density at radius 2 is 1.79 bits per heavy atom. The number of allylic oxidation sites excluding steroid dienone is 1. The minimum Gasteiger partial charge on any atom is -0.543 e. The Morgan fingerprint density at radius 1 is 1.18 bits per heavy atom. The average Bonchev–Trinajstić information content (AvgIpc) is 2.79. The molecule has 0 saturated carbocycles. The highest BCUT2D eigenvalue weighted by molar-refractivity contribution is 6.74. The molecule has 34 heavy (non-hydrogen) atoms. The Balaban J connectivity index is 2.44. The fraction of sp³-hybridized carbons (Fsp3) is 0.483. The lowest BCUT2D eigenvalue weighted by atomic mass is 9.90. The topological polar surface area (TPSA) is 49.8 Å². The number of carbonyl (C=O) groups is 1. The van der Waals surface area contributed by atoms with Crippen LogP contribution in [-0.2, 0) is 4.79 Å². The molecular weight excluding hydrogens is 438 g/mol. The molecule has 2 aromatic rings. The third-order valence-electron chi connectivity index (χ3n) is 7.23. The number of amides is 1. The van der Waals surface area contributed by atoms with Gasteiger partial charge in [-0.15, -0.1) is 6.58 Å². The summed E-state index contributed by atoms with van der Waals surface area (Å²) in [5.74, 6) is 0.396. The molecule has 0 aromatic heterocycles. The molecule has 2 aromatic carbocycles. The quantitative estimate of drug-likeness (QED) is 0.293. The lowest BCUT2D eigenvalue weighted by Crippen LogP contribution is -2.44. The van der Waals surface area contributed by atoms with Gasteiger partial charge in [-0.2, -0.15) is 0 Å². The van der Waals surface area contributed by atoms with Gasteiger partial charge < -0.3 is 14.4 Å². The number of carbonyl (C=O) groups excluding carboxylic acids is 1. The van der Waals surface area contributed by atoms with E-state index in [9.17, 15) is 9.90 Å². The van der Waals surface area contributed by atoms with Crippen LogP contribution in [0.3, 0.4) is 0 Å². The number of nitrogens with zero attached hydrogens (tertiary/aromatic N) is 1. The maximum atomic E-state index is 13.9. The van der Waals surface area contributed by atoms with Gasteiger partial charge in [0.15, 0.2) is 0 Å². The van der Waals surface area contributed by atoms with Crippen molar-refractivity contribution in [2.75, 3.05) is 7.05 Å². The highest BCUT2D eigenvalue weighted by Crippen LogP contribution is 2.41. The Kier molecular flexibility index (Phi) is 9.32. The molecule has 0 saturated heterocycles. The van der Waals surface area contributed by atoms with Gasteiger partial charge in [0.05, 0.1) is 18.1 Å². The first-order valence-corrected chi connectivity index (χ1v) is 15.1. The fourth-order valence-electron chi connectivity index (χ4n) is 3.74. The predicted molar refractivity (Wildman–Crippen MR) is 145 cm³/mol. The van der Waals surface area contributed by atoms with E-state index in [1.807, 2.05) is 62.4 Å². The molecule has 0 heterocycles. The van der Waals surface area contributed by atoms with Crippen molar-refractivity contribution in [1.29, 1.82) is 0 Å². The van der Waals surface area contributed by atoms with Crippen molar-refractivity contribution in [3.05, 3.63) is 77.9 Å². The van der Waals surface area contributed by atoms with Crippen LogP contribution in [0.15, 0.2) is 61.2 Å². The van der Waals surface area contributed by atoms with Gasteiger partial charge >= 0.3 is 0 Å². The molecule has 0 aliphatic rings. The van der Waals surface area contributed by atoms with E-state index in [4.69, 9.17) is 4.43 Å². The van der Waals surface area contributed by atoms with E-state index in [0.717, 1.165) is 22.4 Å². The summed E-state index contributed by atoms with van der Waals surface area (Å²) >= 11 is 0. The lowest BCUT2D eigenvalue weighted by molar-refractivity contribution is -0.135. The minimum absolute atomic E-state index is 0.0185. The second-order valence-corrected chi connectivity index (χ2v) is 15.6. The fourth-order valence-corrected chi connectivity index (χ4v) is 4.79. The summed E-state index contributed by atoms with van der Waals surface area (Å²) in [6.45, 7) is 18.9. The van der Waals surface area contributed by atoms with Crippen molar-refractivity contribution in [1.82, 2.24) is 4.90 Å². The standard InChI is InChI=1S/C29H43NO3Si/c1-10-11-17-24(28(32)30(7)22(3)27(31)23-15-13-12-14-16-23)25-20-21(2)18-19-26(25)33-34(8,9)29(4,5)6/h10,12-16,18-20,22,24,27,31H,1,11,17H2,2-9H3/t22-,24-,27+/m0/s1. The average molecular weight is 482 g/mol. The predicted octanol–water partition coefficient (Wildman–Crippen LogP) is 7.01. The molecule has 0 fully saturated rings. The molecule has 1 N–H and O–H groups in total. The van der Waals surface area contributed by atoms with Crippen LogP contribution < -0.4 is 4.43 Å². The number of likely N-dealkylation sites (N-methyl/N-ethyl adjacent to an activating group) is 1. The van der Waals surface area contributed by atoms with Crippen molar-refractivity contribution >= 4 is 14.2 Å². The number of benzene rings is 2. The van der Waals surface area contributed by atoms with E-state index in [2.05, 4.69) is 46.5 Å². The first-order valence-electron chi connectivity index (χ1n) is 12.2. The van der Waals surface area contributed by atoms with Gasteiger partial charge in [0.2, 0.25) is 14.2 Å². The zero-order chi connectivity index (χ0) is 25.7. The second kappa shape index (κ2) is 11.4. The van der Waals surface area contributed by atoms with E-state index in [-0.39, 0.29) is 22.9 Å². The molecule has 5 heteroatoms. The molecule has 0 spiro atoms. The van der Waals surface area contributed by atoms with Crippen molar-refractivity contribution in [2.45, 2.75) is 83.7 Å². The Morgan fingerprint density at radius 3 is 2.35 bits per heavy atom. The SMILES string of the molecule is C=CCC[C@H](C(=O)N(C)[C@@H](C)[C@@H](O)c1ccccc1)c1cc(C)ccc1O[Si](C)(C)C(C)(C)C. The van der Waals surface area contributed by atoms with Crippen LogP contribution >= 0.6 is 0 Å². The summed E-state index contributed by atoms with van der Waals surface area (Å²) in [6, 6.07) is 15.3. The zero-order valence-corrected chi connectivity index (χ0v) is 23.3. The molecular formula is C29H43NO3Si. The molecule has 1 amide bonds. The number of aliphatic hydroxyl groups is 1. The molecule has 0 radical (unpaired) electrons. The molecule has 0 aliphatic carbocycles. The second-order valence-electron chi connectivity index (χ2n) is 10.9. The third kappa shape index (κ3) is 6.61. The van der Waals surface area contributed by atoms with Crippen LogP contribution in [0.1, 0.15) is 69.2 Å². The zero-order valence-electron chi connectivity index (χ0n) is 22.3. The van der Waals surface area contributed by atoms with E-state index >= 15 is 0 Å². The molecule has 2 rings (SSSR count). The van der Waals surface area contributed by atoms with Crippen LogP contribution in [0.25, 0.3) is 0 Å². The summed E-state index contributed by atoms with van der Waals surface area (Å²) in [6.07, 6.45) is 2.44. The van der Waals surface area contributed by atoms with Crippen LogP contribution in [0.5, 0.6) is 5.75 Å². The van der Waals surface area contributed by atoms with Gasteiger partial charge in [0, 0.05) is 12.6 Å². The molecule has 0 aliphatic heterocycles. The number of hydrogen-bond acceptors (Lipinski definition) is 3. The van der Waals surface area contributed by atoms with Gasteiger partial charge in [0.1, 0.15) is 5.75 Å². The van der Waals surface area contributed by atoms with Crippen LogP contribution in [0, 0.1) is 6.92 Å². The van der Waals surface area contributed by atoms with Crippen LogP contribution in [0.4, 0.5) is 0 Å². The highest BCUT2D eigenvalue weighted by Gasteiger charge is 2.40. The molecule has 0 unspecified atom stereocenters. The lowest BCUT2D eigenvalue weighted by Gasteiger charge is -2.38. The first-order chi connectivity index (χ1) is 15.8. The number of rotatable bonds is 10. The minimum atomic E-state index is -2.10. The van der Waals surface area contributed by atoms with Gasteiger partial charge in [-0.25, -0.2) is 0 Å². The Bertz CT molecular complexity index is 965. The van der Waals surface area contributed by atoms with Crippen molar-refractivity contribution in [3.8, 4) is 5.75 Å². The maximum absolute atomic E-state index is 13.9. The smallest absolute Gasteiger partial charge is 0.250 e. The Hall–Kier alpha value is -2.37. The number of hydrogen-bond donors (Lipinski definition) is 1. The van der Waals surface area contributed by atoms with E-state index in [1.54, 1.807) is 11.9 Å². The normalized spacial score (nSPS) is 14.7. The van der Waals surface area contributed by atoms with Gasteiger partial charge in [-0.3, -0.25) is 4.79 Å². The van der Waals surface area contributed by atoms with Gasteiger partial charge in [-0.1, -0.05) is 74.9 Å². The van der Waals surface area contributed by atoms with Crippen molar-refractivity contribution in [3.63, 3.8) is 0 Å². The monoisotopic (exact) mass is 481 g/mol. The van der Waals surface area contributed by atoms with E-state index in [0.29, 0.717) is 12.8 Å². The number of aliphatic hydroxyl groups excluding tert-OH is 1. The summed E-state index contributed by atoms with van der Waals surface area (Å²) in [5.41, 5.74) is 2.81. The molecule has 186 valence electrons. The summed E-state index contributed by atoms with van der Waals surface area (Å²) in [7, 11) is -0.320. The van der Waals surface area contributed by atoms with Crippen LogP contribution in [0.2, 0.25) is 18.1 Å². The molecule has 0 bridgehead atoms. The summed E-state index contributed by atoms with van der Waals surface area (Å²) in [4.78, 5) is 15.6. The Labute approximate surface area is 207 Å². The van der Waals surface area contributed by atoms with Crippen molar-refractivity contribution in [2.24, 2.45) is 0 Å². The largest absolute Gasteiger partial charge is 0.543 e. The molecule has 3 atom stereocenters. The first kappa shape index (κ1) is 27.9. The van der Waals surface area contributed by atoms with E-state index in [1.165, 1.54) is 0 Å². The van der Waals surface area contributed by atoms with Gasteiger partial charge in [0.25, 0.3) is 0 Å². The van der Waals surface area contributed by atoms with Gasteiger partial charge in [-0.05, 0) is 56.5 Å². The van der Waals surface area contributed by atoms with E-state index < -0.39 is 14.4 Å². The molecule has 4 nitrogen and oxygen atoms in total. The van der Waals surface area contributed by atoms with Crippen molar-refractivity contribution < 1.29 is 14.3 Å². The highest BCUT2D eigenvalue weighted by atomic mass is 28.4. The third-order valence-corrected chi connectivity index (χ3v) is 11.6.